The van der Waals surface area contributed by atoms with Crippen LogP contribution in [0.3, 0.4) is 0 Å². The Bertz CT molecular complexity index is 1140. The Labute approximate surface area is 176 Å². The molecule has 29 heavy (non-hydrogen) atoms. The molecule has 0 saturated heterocycles. The van der Waals surface area contributed by atoms with Gasteiger partial charge in [-0.05, 0) is 54.4 Å². The van der Waals surface area contributed by atoms with Gasteiger partial charge in [-0.3, -0.25) is 9.52 Å². The van der Waals surface area contributed by atoms with Gasteiger partial charge in [0.25, 0.3) is 15.9 Å². The number of sulfonamides is 1. The van der Waals surface area contributed by atoms with E-state index < -0.39 is 10.0 Å². The summed E-state index contributed by atoms with van der Waals surface area (Å²) in [6.45, 7) is 0.338. The molecule has 0 spiro atoms. The highest BCUT2D eigenvalue weighted by atomic mass is 35.5. The summed E-state index contributed by atoms with van der Waals surface area (Å²) in [5.41, 5.74) is 1.47. The smallest absolute Gasteiger partial charge is 0.264 e. The fourth-order valence-electron chi connectivity index (χ4n) is 2.95. The first kappa shape index (κ1) is 19.6. The molecule has 0 fully saturated rings. The Kier molecular flexibility index (Phi) is 5.39. The second-order valence-electron chi connectivity index (χ2n) is 6.18. The quantitative estimate of drug-likeness (QED) is 0.619. The van der Waals surface area contributed by atoms with Gasteiger partial charge in [-0.2, -0.15) is 4.37 Å². The second kappa shape index (κ2) is 7.97. The van der Waals surface area contributed by atoms with Crippen molar-refractivity contribution in [3.8, 4) is 5.75 Å². The number of rotatable bonds is 6. The lowest BCUT2D eigenvalue weighted by Crippen LogP contribution is -2.33. The standard InChI is InChI=1S/C18H15ClN4O4S2/c19-13-1-3-14(4-2-13)27-10-17(24)23-8-7-12-9-15(5-6-16(12)23)29(25,26)22-18-20-11-21-28-18/h1-6,9,11H,7-8,10H2,(H,20,21,22). The SMILES string of the molecule is O=C(COc1ccc(Cl)cc1)N1CCc2cc(S(=O)(=O)Nc3ncns3)ccc21. The highest BCUT2D eigenvalue weighted by molar-refractivity contribution is 7.93. The normalized spacial score (nSPS) is 13.2. The highest BCUT2D eigenvalue weighted by Crippen LogP contribution is 2.31. The average Bonchev–Trinajstić information content (AvgIpc) is 3.36. The fraction of sp³-hybridized carbons (Fsp3) is 0.167. The van der Waals surface area contributed by atoms with E-state index in [1.165, 1.54) is 12.4 Å². The number of hydrogen-bond acceptors (Lipinski definition) is 7. The number of carbonyl (C=O) groups excluding carboxylic acids is 1. The predicted molar refractivity (Wildman–Crippen MR) is 110 cm³/mol. The van der Waals surface area contributed by atoms with E-state index in [-0.39, 0.29) is 22.5 Å². The molecule has 1 aliphatic rings. The summed E-state index contributed by atoms with van der Waals surface area (Å²) < 4.78 is 36.7. The zero-order valence-corrected chi connectivity index (χ0v) is 17.3. The topological polar surface area (TPSA) is 101 Å². The molecule has 0 bridgehead atoms. The van der Waals surface area contributed by atoms with Crippen LogP contribution in [0.2, 0.25) is 5.02 Å². The molecule has 8 nitrogen and oxygen atoms in total. The van der Waals surface area contributed by atoms with Gasteiger partial charge in [0.1, 0.15) is 12.1 Å². The summed E-state index contributed by atoms with van der Waals surface area (Å²) in [7, 11) is -3.77. The van der Waals surface area contributed by atoms with E-state index in [9.17, 15) is 13.2 Å². The van der Waals surface area contributed by atoms with Crippen LogP contribution in [-0.2, 0) is 21.2 Å². The molecule has 2 aromatic carbocycles. The van der Waals surface area contributed by atoms with Gasteiger partial charge in [0, 0.05) is 28.8 Å². The molecule has 1 amide bonds. The van der Waals surface area contributed by atoms with E-state index >= 15 is 0 Å². The van der Waals surface area contributed by atoms with Crippen LogP contribution in [0.15, 0.2) is 53.7 Å². The molecule has 0 aliphatic carbocycles. The van der Waals surface area contributed by atoms with Crippen molar-refractivity contribution in [3.63, 3.8) is 0 Å². The lowest BCUT2D eigenvalue weighted by Gasteiger charge is -2.18. The zero-order valence-electron chi connectivity index (χ0n) is 14.9. The predicted octanol–water partition coefficient (Wildman–Crippen LogP) is 2.96. The Morgan fingerprint density at radius 2 is 2.03 bits per heavy atom. The Hall–Kier alpha value is -2.69. The van der Waals surface area contributed by atoms with Crippen molar-refractivity contribution in [1.82, 2.24) is 9.36 Å². The number of hydrogen-bond donors (Lipinski definition) is 1. The van der Waals surface area contributed by atoms with Crippen LogP contribution in [-0.4, -0.2) is 36.8 Å². The molecular formula is C18H15ClN4O4S2. The molecule has 0 atom stereocenters. The fourth-order valence-corrected chi connectivity index (χ4v) is 4.79. The van der Waals surface area contributed by atoms with Gasteiger partial charge in [-0.15, -0.1) is 0 Å². The zero-order chi connectivity index (χ0) is 20.4. The monoisotopic (exact) mass is 450 g/mol. The third-order valence-corrected chi connectivity index (χ3v) is 6.61. The highest BCUT2D eigenvalue weighted by Gasteiger charge is 2.27. The maximum Gasteiger partial charge on any atom is 0.264 e. The van der Waals surface area contributed by atoms with E-state index in [1.54, 1.807) is 41.3 Å². The minimum absolute atomic E-state index is 0.109. The Morgan fingerprint density at radius 1 is 1.24 bits per heavy atom. The van der Waals surface area contributed by atoms with Crippen LogP contribution >= 0.6 is 23.1 Å². The van der Waals surface area contributed by atoms with Crippen molar-refractivity contribution in [3.05, 3.63) is 59.4 Å². The number of carbonyl (C=O) groups is 1. The molecule has 2 heterocycles. The summed E-state index contributed by atoms with van der Waals surface area (Å²) >= 11 is 6.79. The first-order chi connectivity index (χ1) is 13.9. The third kappa shape index (κ3) is 4.34. The summed E-state index contributed by atoms with van der Waals surface area (Å²) in [6, 6.07) is 11.4. The molecule has 3 aromatic rings. The largest absolute Gasteiger partial charge is 0.484 e. The van der Waals surface area contributed by atoms with Gasteiger partial charge in [-0.25, -0.2) is 13.4 Å². The van der Waals surface area contributed by atoms with Gasteiger partial charge in [0.2, 0.25) is 5.13 Å². The van der Waals surface area contributed by atoms with Crippen molar-refractivity contribution in [2.45, 2.75) is 11.3 Å². The number of amides is 1. The number of fused-ring (bicyclic) bond motifs is 1. The summed E-state index contributed by atoms with van der Waals surface area (Å²) in [4.78, 5) is 18.1. The Morgan fingerprint density at radius 3 is 2.76 bits per heavy atom. The molecule has 0 unspecified atom stereocenters. The summed E-state index contributed by atoms with van der Waals surface area (Å²) in [6.07, 6.45) is 1.84. The van der Waals surface area contributed by atoms with E-state index in [2.05, 4.69) is 14.1 Å². The lowest BCUT2D eigenvalue weighted by atomic mass is 10.2. The van der Waals surface area contributed by atoms with E-state index in [4.69, 9.17) is 16.3 Å². The van der Waals surface area contributed by atoms with Gasteiger partial charge in [-0.1, -0.05) is 11.6 Å². The van der Waals surface area contributed by atoms with Crippen molar-refractivity contribution in [2.75, 3.05) is 22.8 Å². The van der Waals surface area contributed by atoms with Crippen LogP contribution in [0.4, 0.5) is 10.8 Å². The number of anilines is 2. The first-order valence-electron chi connectivity index (χ1n) is 8.53. The summed E-state index contributed by atoms with van der Waals surface area (Å²) in [5.74, 6) is 0.340. The maximum absolute atomic E-state index is 12.6. The van der Waals surface area contributed by atoms with Gasteiger partial charge >= 0.3 is 0 Å². The van der Waals surface area contributed by atoms with Crippen molar-refractivity contribution < 1.29 is 17.9 Å². The van der Waals surface area contributed by atoms with Crippen LogP contribution in [0, 0.1) is 0 Å². The van der Waals surface area contributed by atoms with Crippen molar-refractivity contribution in [2.24, 2.45) is 0 Å². The second-order valence-corrected chi connectivity index (χ2v) is 9.08. The third-order valence-electron chi connectivity index (χ3n) is 4.32. The number of benzene rings is 2. The number of halogens is 1. The maximum atomic E-state index is 12.6. The van der Waals surface area contributed by atoms with Gasteiger partial charge < -0.3 is 9.64 Å². The molecule has 1 aromatic heterocycles. The van der Waals surface area contributed by atoms with E-state index in [1.807, 2.05) is 0 Å². The van der Waals surface area contributed by atoms with E-state index in [0.717, 1.165) is 17.1 Å². The van der Waals surface area contributed by atoms with Crippen LogP contribution < -0.4 is 14.4 Å². The molecule has 1 aliphatic heterocycles. The number of aromatic nitrogens is 2. The van der Waals surface area contributed by atoms with Crippen LogP contribution in [0.5, 0.6) is 5.75 Å². The van der Waals surface area contributed by atoms with E-state index in [0.29, 0.717) is 29.4 Å². The van der Waals surface area contributed by atoms with Crippen LogP contribution in [0.25, 0.3) is 0 Å². The summed E-state index contributed by atoms with van der Waals surface area (Å²) in [5, 5.41) is 0.783. The van der Waals surface area contributed by atoms with Crippen LogP contribution in [0.1, 0.15) is 5.56 Å². The number of ether oxygens (including phenoxy) is 1. The minimum atomic E-state index is -3.77. The number of nitrogens with zero attached hydrogens (tertiary/aromatic N) is 3. The van der Waals surface area contributed by atoms with Crippen molar-refractivity contribution >= 4 is 49.9 Å². The first-order valence-corrected chi connectivity index (χ1v) is 11.2. The lowest BCUT2D eigenvalue weighted by molar-refractivity contribution is -0.120. The van der Waals surface area contributed by atoms with Gasteiger partial charge in [0.15, 0.2) is 6.61 Å². The molecule has 11 heteroatoms. The molecule has 4 rings (SSSR count). The van der Waals surface area contributed by atoms with Crippen molar-refractivity contribution in [1.29, 1.82) is 0 Å². The molecule has 0 radical (unpaired) electrons. The Balaban J connectivity index is 1.46. The minimum Gasteiger partial charge on any atom is -0.484 e. The molecule has 150 valence electrons. The van der Waals surface area contributed by atoms with Gasteiger partial charge in [0.05, 0.1) is 4.90 Å². The number of nitrogens with one attached hydrogen (secondary N) is 1. The molecular weight excluding hydrogens is 436 g/mol. The molecule has 1 N–H and O–H groups in total. The molecule has 0 saturated carbocycles. The average molecular weight is 451 g/mol.